The minimum atomic E-state index is 0.551. The molecule has 3 rings (SSSR count). The molecule has 0 saturated heterocycles. The molecule has 1 aliphatic heterocycles. The summed E-state index contributed by atoms with van der Waals surface area (Å²) in [7, 11) is 0. The molecular weight excluding hydrogens is 234 g/mol. The van der Waals surface area contributed by atoms with Gasteiger partial charge in [-0.2, -0.15) is 0 Å². The fraction of sp³-hybridized carbons (Fsp3) is 0.438. The average molecular weight is 255 g/mol. The number of rotatable bonds is 3. The van der Waals surface area contributed by atoms with Crippen LogP contribution in [0.5, 0.6) is 0 Å². The first-order valence-corrected chi connectivity index (χ1v) is 7.16. The summed E-state index contributed by atoms with van der Waals surface area (Å²) >= 11 is 0. The summed E-state index contributed by atoms with van der Waals surface area (Å²) in [6.45, 7) is 2.97. The Labute approximate surface area is 114 Å². The number of imidazole rings is 1. The van der Waals surface area contributed by atoms with E-state index in [-0.39, 0.29) is 0 Å². The van der Waals surface area contributed by atoms with Crippen LogP contribution in [-0.2, 0) is 12.8 Å². The second kappa shape index (κ2) is 5.17. The molecule has 2 heterocycles. The molecule has 0 saturated carbocycles. The zero-order valence-electron chi connectivity index (χ0n) is 11.5. The molecular formula is C16H21N3. The number of aromatic nitrogens is 2. The van der Waals surface area contributed by atoms with Crippen molar-refractivity contribution >= 4 is 0 Å². The topological polar surface area (TPSA) is 43.8 Å². The number of hydrogen-bond donors (Lipinski definition) is 1. The predicted molar refractivity (Wildman–Crippen MR) is 78.1 cm³/mol. The number of fused-ring (bicyclic) bond motifs is 1. The molecule has 1 unspecified atom stereocenters. The maximum absolute atomic E-state index is 5.80. The quantitative estimate of drug-likeness (QED) is 0.916. The van der Waals surface area contributed by atoms with Gasteiger partial charge in [0.2, 0.25) is 0 Å². The van der Waals surface area contributed by atoms with Crippen molar-refractivity contribution in [3.8, 4) is 11.3 Å². The summed E-state index contributed by atoms with van der Waals surface area (Å²) in [5, 5.41) is 0. The van der Waals surface area contributed by atoms with Crippen LogP contribution >= 0.6 is 0 Å². The molecule has 100 valence electrons. The van der Waals surface area contributed by atoms with Gasteiger partial charge >= 0.3 is 0 Å². The van der Waals surface area contributed by atoms with Crippen molar-refractivity contribution in [2.45, 2.75) is 38.6 Å². The van der Waals surface area contributed by atoms with E-state index in [4.69, 9.17) is 10.7 Å². The summed E-state index contributed by atoms with van der Waals surface area (Å²) in [5.74, 6) is 1.24. The molecule has 2 aromatic rings. The van der Waals surface area contributed by atoms with Crippen molar-refractivity contribution in [2.75, 3.05) is 6.54 Å². The lowest BCUT2D eigenvalue weighted by molar-refractivity contribution is 0.415. The van der Waals surface area contributed by atoms with Gasteiger partial charge in [-0.1, -0.05) is 30.3 Å². The molecule has 1 aromatic heterocycles. The minimum absolute atomic E-state index is 0.551. The van der Waals surface area contributed by atoms with Crippen LogP contribution in [-0.4, -0.2) is 16.1 Å². The Kier molecular flexibility index (Phi) is 3.38. The molecule has 3 nitrogen and oxygen atoms in total. The fourth-order valence-corrected chi connectivity index (χ4v) is 3.10. The van der Waals surface area contributed by atoms with Gasteiger partial charge in [0.05, 0.1) is 5.69 Å². The summed E-state index contributed by atoms with van der Waals surface area (Å²) < 4.78 is 2.43. The fourth-order valence-electron chi connectivity index (χ4n) is 3.10. The van der Waals surface area contributed by atoms with Crippen molar-refractivity contribution < 1.29 is 0 Å². The van der Waals surface area contributed by atoms with Crippen LogP contribution in [0, 0.1) is 0 Å². The number of hydrogen-bond acceptors (Lipinski definition) is 2. The molecule has 1 aromatic carbocycles. The molecule has 0 spiro atoms. The van der Waals surface area contributed by atoms with Crippen LogP contribution in [0.3, 0.4) is 0 Å². The maximum Gasteiger partial charge on any atom is 0.109 e. The number of benzene rings is 1. The minimum Gasteiger partial charge on any atom is -0.330 e. The third-order valence-electron chi connectivity index (χ3n) is 3.97. The Morgan fingerprint density at radius 3 is 2.84 bits per heavy atom. The Bertz CT molecular complexity index is 557. The van der Waals surface area contributed by atoms with Gasteiger partial charge < -0.3 is 10.3 Å². The molecule has 0 bridgehead atoms. The number of nitrogens with two attached hydrogens (primary N) is 1. The van der Waals surface area contributed by atoms with E-state index in [9.17, 15) is 0 Å². The maximum atomic E-state index is 5.80. The van der Waals surface area contributed by atoms with Crippen LogP contribution in [0.1, 0.15) is 37.3 Å². The number of nitrogens with zero attached hydrogens (tertiary/aromatic N) is 2. The summed E-state index contributed by atoms with van der Waals surface area (Å²) in [6, 6.07) is 11.0. The van der Waals surface area contributed by atoms with Gasteiger partial charge in [0.25, 0.3) is 0 Å². The molecule has 0 fully saturated rings. The van der Waals surface area contributed by atoms with E-state index in [0.29, 0.717) is 12.6 Å². The second-order valence-corrected chi connectivity index (χ2v) is 5.34. The van der Waals surface area contributed by atoms with E-state index in [1.807, 2.05) is 6.07 Å². The first-order valence-electron chi connectivity index (χ1n) is 7.16. The van der Waals surface area contributed by atoms with Crippen molar-refractivity contribution in [1.29, 1.82) is 0 Å². The van der Waals surface area contributed by atoms with E-state index in [0.717, 1.165) is 18.5 Å². The molecule has 1 atom stereocenters. The van der Waals surface area contributed by atoms with Crippen molar-refractivity contribution in [3.63, 3.8) is 0 Å². The molecule has 0 radical (unpaired) electrons. The van der Waals surface area contributed by atoms with Gasteiger partial charge in [0.15, 0.2) is 0 Å². The first-order chi connectivity index (χ1) is 9.31. The lowest BCUT2D eigenvalue weighted by Gasteiger charge is -2.24. The lowest BCUT2D eigenvalue weighted by Crippen LogP contribution is -2.19. The van der Waals surface area contributed by atoms with E-state index in [2.05, 4.69) is 35.8 Å². The van der Waals surface area contributed by atoms with Gasteiger partial charge in [-0.25, -0.2) is 4.98 Å². The van der Waals surface area contributed by atoms with Crippen LogP contribution in [0.4, 0.5) is 0 Å². The van der Waals surface area contributed by atoms with E-state index >= 15 is 0 Å². The third-order valence-corrected chi connectivity index (χ3v) is 3.97. The zero-order chi connectivity index (χ0) is 13.2. The van der Waals surface area contributed by atoms with Crippen molar-refractivity contribution in [1.82, 2.24) is 9.55 Å². The molecule has 3 heteroatoms. The Hall–Kier alpha value is -1.61. The molecule has 0 aliphatic carbocycles. The van der Waals surface area contributed by atoms with Crippen LogP contribution in [0.25, 0.3) is 11.3 Å². The SMILES string of the molecule is CC1CCCc2nc(-c3ccccc3)c(CCN)n21. The summed E-state index contributed by atoms with van der Waals surface area (Å²) in [6.07, 6.45) is 4.49. The third kappa shape index (κ3) is 2.19. The van der Waals surface area contributed by atoms with Crippen LogP contribution in [0.15, 0.2) is 30.3 Å². The van der Waals surface area contributed by atoms with Crippen LogP contribution < -0.4 is 5.73 Å². The van der Waals surface area contributed by atoms with E-state index in [1.165, 1.54) is 29.9 Å². The van der Waals surface area contributed by atoms with Crippen LogP contribution in [0.2, 0.25) is 0 Å². The molecule has 0 amide bonds. The summed E-state index contributed by atoms with van der Waals surface area (Å²) in [4.78, 5) is 4.90. The molecule has 19 heavy (non-hydrogen) atoms. The standard InChI is InChI=1S/C16H21N3/c1-12-6-5-9-15-18-16(13-7-3-2-4-8-13)14(10-11-17)19(12)15/h2-4,7-8,12H,5-6,9-11,17H2,1H3. The van der Waals surface area contributed by atoms with Gasteiger partial charge in [-0.15, -0.1) is 0 Å². The zero-order valence-corrected chi connectivity index (χ0v) is 11.5. The largest absolute Gasteiger partial charge is 0.330 e. The van der Waals surface area contributed by atoms with Crippen molar-refractivity contribution in [3.05, 3.63) is 41.9 Å². The normalized spacial score (nSPS) is 18.3. The van der Waals surface area contributed by atoms with Gasteiger partial charge in [-0.3, -0.25) is 0 Å². The highest BCUT2D eigenvalue weighted by Crippen LogP contribution is 2.32. The van der Waals surface area contributed by atoms with Gasteiger partial charge in [-0.05, 0) is 26.3 Å². The van der Waals surface area contributed by atoms with Crippen molar-refractivity contribution in [2.24, 2.45) is 5.73 Å². The predicted octanol–water partition coefficient (Wildman–Crippen LogP) is 2.95. The Morgan fingerprint density at radius 1 is 1.32 bits per heavy atom. The Morgan fingerprint density at radius 2 is 2.11 bits per heavy atom. The van der Waals surface area contributed by atoms with E-state index in [1.54, 1.807) is 0 Å². The average Bonchev–Trinajstić information content (AvgIpc) is 2.81. The smallest absolute Gasteiger partial charge is 0.109 e. The number of aryl methyl sites for hydroxylation is 1. The first kappa shape index (κ1) is 12.4. The highest BCUT2D eigenvalue weighted by atomic mass is 15.1. The summed E-state index contributed by atoms with van der Waals surface area (Å²) in [5.41, 5.74) is 9.46. The molecule has 2 N–H and O–H groups in total. The lowest BCUT2D eigenvalue weighted by atomic mass is 10.0. The van der Waals surface area contributed by atoms with Gasteiger partial charge in [0.1, 0.15) is 5.82 Å². The molecule has 1 aliphatic rings. The monoisotopic (exact) mass is 255 g/mol. The van der Waals surface area contributed by atoms with Gasteiger partial charge in [0, 0.05) is 30.1 Å². The highest BCUT2D eigenvalue weighted by molar-refractivity contribution is 5.62. The highest BCUT2D eigenvalue weighted by Gasteiger charge is 2.24. The Balaban J connectivity index is 2.14. The van der Waals surface area contributed by atoms with E-state index < -0.39 is 0 Å². The second-order valence-electron chi connectivity index (χ2n) is 5.34.